The molecule has 11 heteroatoms. The molecular formula is C23H17ClFN7O2. The molecule has 9 nitrogen and oxygen atoms in total. The van der Waals surface area contributed by atoms with Gasteiger partial charge in [-0.15, -0.1) is 0 Å². The zero-order valence-corrected chi connectivity index (χ0v) is 18.6. The summed E-state index contributed by atoms with van der Waals surface area (Å²) in [5.74, 6) is 0.516. The Balaban J connectivity index is 1.57. The summed E-state index contributed by atoms with van der Waals surface area (Å²) in [6, 6.07) is 6.93. The van der Waals surface area contributed by atoms with Gasteiger partial charge in [-0.05, 0) is 43.7 Å². The van der Waals surface area contributed by atoms with Crippen LogP contribution in [0.5, 0.6) is 0 Å². The molecule has 1 atom stereocenters. The number of nitrogens with zero attached hydrogens (tertiary/aromatic N) is 6. The average molecular weight is 478 g/mol. The van der Waals surface area contributed by atoms with Gasteiger partial charge in [-0.25, -0.2) is 18.9 Å². The Hall–Kier alpha value is -4.05. The van der Waals surface area contributed by atoms with Gasteiger partial charge in [0, 0.05) is 24.5 Å². The second-order valence-electron chi connectivity index (χ2n) is 8.11. The fourth-order valence-electron chi connectivity index (χ4n) is 4.45. The van der Waals surface area contributed by atoms with Crippen molar-refractivity contribution in [3.63, 3.8) is 0 Å². The molecule has 0 aliphatic carbocycles. The number of anilines is 1. The number of nitrogens with one attached hydrogen (secondary N) is 1. The van der Waals surface area contributed by atoms with E-state index >= 15 is 0 Å². The lowest BCUT2D eigenvalue weighted by molar-refractivity contribution is 0.101. The Morgan fingerprint density at radius 2 is 2.00 bits per heavy atom. The van der Waals surface area contributed by atoms with Gasteiger partial charge in [-0.2, -0.15) is 5.10 Å². The highest BCUT2D eigenvalue weighted by atomic mass is 35.5. The first-order valence-electron chi connectivity index (χ1n) is 10.6. The van der Waals surface area contributed by atoms with Gasteiger partial charge in [0.25, 0.3) is 5.56 Å². The van der Waals surface area contributed by atoms with Gasteiger partial charge in [0.15, 0.2) is 11.6 Å². The van der Waals surface area contributed by atoms with E-state index in [1.807, 2.05) is 4.90 Å². The number of ketones is 1. The molecule has 0 spiro atoms. The number of carbonyl (C=O) groups is 1. The van der Waals surface area contributed by atoms with Crippen LogP contribution in [0, 0.1) is 5.82 Å². The standard InChI is InChI=1S/C23H17ClFN7O2/c1-12(33)15-10-26-20-18(15)22(28-11-27-20)30-8-7-17(30)21-29-31-9-6-16(24)19(31)23(34)32(21)14-4-2-13(25)3-5-14/h2-6,9-11,17H,7-8H2,1H3,(H,26,27,28). The third-order valence-electron chi connectivity index (χ3n) is 6.17. The van der Waals surface area contributed by atoms with Crippen LogP contribution in [0.4, 0.5) is 10.2 Å². The molecule has 5 heterocycles. The first kappa shape index (κ1) is 20.5. The van der Waals surface area contributed by atoms with E-state index in [0.29, 0.717) is 46.9 Å². The first-order chi connectivity index (χ1) is 16.4. The molecule has 1 N–H and O–H groups in total. The fraction of sp³-hybridized carbons (Fsp3) is 0.174. The highest BCUT2D eigenvalue weighted by Gasteiger charge is 2.37. The average Bonchev–Trinajstić information content (AvgIpc) is 3.39. The molecule has 5 aromatic rings. The summed E-state index contributed by atoms with van der Waals surface area (Å²) in [7, 11) is 0. The van der Waals surface area contributed by atoms with Crippen LogP contribution >= 0.6 is 11.6 Å². The van der Waals surface area contributed by atoms with Crippen LogP contribution in [0.15, 0.2) is 53.8 Å². The number of carbonyl (C=O) groups excluding carboxylic acids is 1. The van der Waals surface area contributed by atoms with E-state index in [1.165, 1.54) is 46.6 Å². The fourth-order valence-corrected chi connectivity index (χ4v) is 4.68. The molecule has 1 fully saturated rings. The second-order valence-corrected chi connectivity index (χ2v) is 8.52. The quantitative estimate of drug-likeness (QED) is 0.396. The van der Waals surface area contributed by atoms with Gasteiger partial charge >= 0.3 is 0 Å². The number of halogens is 2. The molecule has 1 saturated heterocycles. The van der Waals surface area contributed by atoms with Crippen molar-refractivity contribution in [3.05, 3.63) is 81.6 Å². The molecule has 34 heavy (non-hydrogen) atoms. The van der Waals surface area contributed by atoms with Crippen molar-refractivity contribution in [1.29, 1.82) is 0 Å². The van der Waals surface area contributed by atoms with Gasteiger partial charge in [0.05, 0.1) is 22.1 Å². The van der Waals surface area contributed by atoms with Crippen molar-refractivity contribution in [3.8, 4) is 5.69 Å². The van der Waals surface area contributed by atoms with E-state index in [4.69, 9.17) is 16.7 Å². The minimum absolute atomic E-state index is 0.107. The van der Waals surface area contributed by atoms with Crippen molar-refractivity contribution < 1.29 is 9.18 Å². The minimum atomic E-state index is -0.411. The molecule has 0 bridgehead atoms. The summed E-state index contributed by atoms with van der Waals surface area (Å²) < 4.78 is 16.5. The number of H-pyrrole nitrogens is 1. The number of fused-ring (bicyclic) bond motifs is 2. The van der Waals surface area contributed by atoms with Crippen LogP contribution in [-0.2, 0) is 0 Å². The number of aromatic nitrogens is 6. The second kappa shape index (κ2) is 7.49. The third-order valence-corrected chi connectivity index (χ3v) is 6.47. The number of benzene rings is 1. The van der Waals surface area contributed by atoms with Gasteiger partial charge in [-0.1, -0.05) is 11.6 Å². The lowest BCUT2D eigenvalue weighted by Crippen LogP contribution is -2.45. The zero-order chi connectivity index (χ0) is 23.6. The molecular weight excluding hydrogens is 461 g/mol. The van der Waals surface area contributed by atoms with E-state index in [1.54, 1.807) is 18.5 Å². The molecule has 1 aromatic carbocycles. The van der Waals surface area contributed by atoms with Gasteiger partial charge < -0.3 is 9.88 Å². The Labute approximate surface area is 196 Å². The molecule has 0 saturated carbocycles. The van der Waals surface area contributed by atoms with Crippen LogP contribution in [0.2, 0.25) is 5.02 Å². The first-order valence-corrected chi connectivity index (χ1v) is 11.0. The number of aromatic amines is 1. The summed E-state index contributed by atoms with van der Waals surface area (Å²) in [6.45, 7) is 2.13. The Kier molecular flexibility index (Phi) is 4.53. The molecule has 1 unspecified atom stereocenters. The van der Waals surface area contributed by atoms with Crippen molar-refractivity contribution >= 4 is 39.8 Å². The van der Waals surface area contributed by atoms with Crippen molar-refractivity contribution in [2.75, 3.05) is 11.4 Å². The summed E-state index contributed by atoms with van der Waals surface area (Å²) in [5, 5.41) is 5.62. The monoisotopic (exact) mass is 477 g/mol. The van der Waals surface area contributed by atoms with Crippen molar-refractivity contribution in [2.24, 2.45) is 0 Å². The van der Waals surface area contributed by atoms with Crippen LogP contribution in [0.3, 0.4) is 0 Å². The topological polar surface area (TPSA) is 101 Å². The van der Waals surface area contributed by atoms with Crippen molar-refractivity contribution in [2.45, 2.75) is 19.4 Å². The maximum Gasteiger partial charge on any atom is 0.284 e. The number of hydrogen-bond acceptors (Lipinski definition) is 6. The van der Waals surface area contributed by atoms with Gasteiger partial charge in [0.1, 0.15) is 29.1 Å². The van der Waals surface area contributed by atoms with Crippen LogP contribution in [0.25, 0.3) is 22.2 Å². The third kappa shape index (κ3) is 2.95. The SMILES string of the molecule is CC(=O)c1c[nH]c2ncnc(N3CCC3c3nn4ccc(Cl)c4c(=O)n3-c3ccc(F)cc3)c12. The predicted molar refractivity (Wildman–Crippen MR) is 124 cm³/mol. The Morgan fingerprint density at radius 3 is 2.71 bits per heavy atom. The number of hydrogen-bond donors (Lipinski definition) is 1. The van der Waals surface area contributed by atoms with E-state index < -0.39 is 5.82 Å². The van der Waals surface area contributed by atoms with E-state index in [2.05, 4.69) is 15.0 Å². The van der Waals surface area contributed by atoms with E-state index in [0.717, 1.165) is 0 Å². The molecule has 170 valence electrons. The predicted octanol–water partition coefficient (Wildman–Crippen LogP) is 3.70. The Bertz CT molecular complexity index is 1650. The van der Waals surface area contributed by atoms with E-state index in [-0.39, 0.29) is 27.9 Å². The van der Waals surface area contributed by atoms with Crippen LogP contribution < -0.4 is 10.5 Å². The Morgan fingerprint density at radius 1 is 1.21 bits per heavy atom. The molecule has 4 aromatic heterocycles. The van der Waals surface area contributed by atoms with Crippen LogP contribution in [-0.4, -0.2) is 41.5 Å². The lowest BCUT2D eigenvalue weighted by atomic mass is 10.0. The van der Waals surface area contributed by atoms with Crippen molar-refractivity contribution in [1.82, 2.24) is 29.1 Å². The molecule has 1 aliphatic heterocycles. The molecule has 6 rings (SSSR count). The van der Waals surface area contributed by atoms with E-state index in [9.17, 15) is 14.0 Å². The highest BCUT2D eigenvalue weighted by Crippen LogP contribution is 2.40. The van der Waals surface area contributed by atoms with Crippen LogP contribution in [0.1, 0.15) is 35.6 Å². The summed E-state index contributed by atoms with van der Waals surface area (Å²) in [5.41, 5.74) is 1.39. The molecule has 1 aliphatic rings. The lowest BCUT2D eigenvalue weighted by Gasteiger charge is -2.42. The largest absolute Gasteiger partial charge is 0.345 e. The maximum atomic E-state index is 13.6. The normalized spacial score (nSPS) is 15.7. The summed E-state index contributed by atoms with van der Waals surface area (Å²) >= 11 is 6.27. The number of rotatable bonds is 4. The number of Topliss-reactive ketones (excluding diaryl/α,β-unsaturated/α-hetero) is 1. The summed E-state index contributed by atoms with van der Waals surface area (Å²) in [6.07, 6.45) is 5.38. The smallest absolute Gasteiger partial charge is 0.284 e. The highest BCUT2D eigenvalue weighted by molar-refractivity contribution is 6.33. The zero-order valence-electron chi connectivity index (χ0n) is 17.9. The minimum Gasteiger partial charge on any atom is -0.345 e. The van der Waals surface area contributed by atoms with Gasteiger partial charge in [0.2, 0.25) is 0 Å². The van der Waals surface area contributed by atoms with Gasteiger partial charge in [-0.3, -0.25) is 14.2 Å². The maximum absolute atomic E-state index is 13.6. The molecule has 0 radical (unpaired) electrons. The molecule has 0 amide bonds. The summed E-state index contributed by atoms with van der Waals surface area (Å²) in [4.78, 5) is 39.5.